The molecule has 1 aliphatic carbocycles. The van der Waals surface area contributed by atoms with E-state index in [1.807, 2.05) is 30.3 Å². The summed E-state index contributed by atoms with van der Waals surface area (Å²) in [6.45, 7) is 5.60. The van der Waals surface area contributed by atoms with Crippen molar-refractivity contribution in [1.29, 1.82) is 0 Å². The van der Waals surface area contributed by atoms with Crippen molar-refractivity contribution < 1.29 is 19.1 Å². The largest absolute Gasteiger partial charge is 0.445 e. The highest BCUT2D eigenvalue weighted by molar-refractivity contribution is 5.69. The summed E-state index contributed by atoms with van der Waals surface area (Å²) in [7, 11) is 0. The van der Waals surface area contributed by atoms with Crippen molar-refractivity contribution in [2.75, 3.05) is 0 Å². The SMILES string of the molecule is CC(C)(C)OC(=O)NC1CC(N)CCC1NC(=O)OCc1ccccc1. The molecule has 0 aromatic heterocycles. The predicted octanol–water partition coefficient (Wildman–Crippen LogP) is 2.69. The summed E-state index contributed by atoms with van der Waals surface area (Å²) in [6, 6.07) is 8.90. The van der Waals surface area contributed by atoms with Crippen LogP contribution in [-0.4, -0.2) is 35.9 Å². The Balaban J connectivity index is 1.87. The van der Waals surface area contributed by atoms with E-state index in [-0.39, 0.29) is 24.7 Å². The number of amides is 2. The lowest BCUT2D eigenvalue weighted by Crippen LogP contribution is -2.57. The van der Waals surface area contributed by atoms with Gasteiger partial charge < -0.3 is 25.8 Å². The molecule has 7 nitrogen and oxygen atoms in total. The number of alkyl carbamates (subject to hydrolysis) is 2. The summed E-state index contributed by atoms with van der Waals surface area (Å²) in [5.74, 6) is 0. The third-order valence-corrected chi connectivity index (χ3v) is 4.11. The van der Waals surface area contributed by atoms with Crippen molar-refractivity contribution in [2.45, 2.75) is 70.4 Å². The molecular weight excluding hydrogens is 334 g/mol. The molecule has 4 N–H and O–H groups in total. The van der Waals surface area contributed by atoms with Gasteiger partial charge in [-0.05, 0) is 45.6 Å². The maximum Gasteiger partial charge on any atom is 0.407 e. The average molecular weight is 363 g/mol. The van der Waals surface area contributed by atoms with E-state index >= 15 is 0 Å². The topological polar surface area (TPSA) is 103 Å². The molecule has 0 saturated heterocycles. The third-order valence-electron chi connectivity index (χ3n) is 4.11. The van der Waals surface area contributed by atoms with Crippen LogP contribution in [0.5, 0.6) is 0 Å². The Hall–Kier alpha value is -2.28. The molecule has 1 aromatic carbocycles. The number of hydrogen-bond acceptors (Lipinski definition) is 5. The quantitative estimate of drug-likeness (QED) is 0.763. The Bertz CT molecular complexity index is 601. The van der Waals surface area contributed by atoms with E-state index in [0.29, 0.717) is 12.8 Å². The number of carbonyl (C=O) groups is 2. The van der Waals surface area contributed by atoms with Gasteiger partial charge in [-0.15, -0.1) is 0 Å². The summed E-state index contributed by atoms with van der Waals surface area (Å²) in [5.41, 5.74) is 6.35. The summed E-state index contributed by atoms with van der Waals surface area (Å²) in [5, 5.41) is 5.66. The Morgan fingerprint density at radius 1 is 1.08 bits per heavy atom. The monoisotopic (exact) mass is 363 g/mol. The van der Waals surface area contributed by atoms with Gasteiger partial charge in [0.2, 0.25) is 0 Å². The smallest absolute Gasteiger partial charge is 0.407 e. The van der Waals surface area contributed by atoms with E-state index < -0.39 is 17.8 Å². The van der Waals surface area contributed by atoms with Crippen molar-refractivity contribution in [3.63, 3.8) is 0 Å². The maximum absolute atomic E-state index is 12.1. The van der Waals surface area contributed by atoms with Crippen LogP contribution < -0.4 is 16.4 Å². The van der Waals surface area contributed by atoms with E-state index in [9.17, 15) is 9.59 Å². The molecule has 144 valence electrons. The number of ether oxygens (including phenoxy) is 2. The first-order valence-corrected chi connectivity index (χ1v) is 8.95. The van der Waals surface area contributed by atoms with Crippen LogP contribution in [0.3, 0.4) is 0 Å². The number of nitrogens with one attached hydrogen (secondary N) is 2. The molecule has 2 rings (SSSR count). The number of nitrogens with two attached hydrogens (primary N) is 1. The lowest BCUT2D eigenvalue weighted by atomic mass is 9.87. The molecule has 1 fully saturated rings. The molecule has 0 bridgehead atoms. The zero-order valence-electron chi connectivity index (χ0n) is 15.7. The van der Waals surface area contributed by atoms with Crippen molar-refractivity contribution in [1.82, 2.24) is 10.6 Å². The molecule has 26 heavy (non-hydrogen) atoms. The van der Waals surface area contributed by atoms with Gasteiger partial charge in [0.25, 0.3) is 0 Å². The van der Waals surface area contributed by atoms with Crippen molar-refractivity contribution in [3.8, 4) is 0 Å². The summed E-state index contributed by atoms with van der Waals surface area (Å²) in [6.07, 6.45) is 0.993. The second-order valence-corrected chi connectivity index (χ2v) is 7.64. The molecular formula is C19H29N3O4. The highest BCUT2D eigenvalue weighted by Crippen LogP contribution is 2.19. The minimum atomic E-state index is -0.585. The molecule has 1 aliphatic rings. The normalized spacial score (nSPS) is 23.0. The standard InChI is InChI=1S/C19H29N3O4/c1-19(2,3)26-18(24)22-16-11-14(20)9-10-15(16)21-17(23)25-12-13-7-5-4-6-8-13/h4-8,14-16H,9-12,20H2,1-3H3,(H,21,23)(H,22,24). The first-order valence-electron chi connectivity index (χ1n) is 8.95. The van der Waals surface area contributed by atoms with E-state index in [1.54, 1.807) is 20.8 Å². The Morgan fingerprint density at radius 2 is 1.73 bits per heavy atom. The van der Waals surface area contributed by atoms with Crippen LogP contribution >= 0.6 is 0 Å². The lowest BCUT2D eigenvalue weighted by Gasteiger charge is -2.35. The molecule has 3 unspecified atom stereocenters. The fourth-order valence-electron chi connectivity index (χ4n) is 2.91. The van der Waals surface area contributed by atoms with Gasteiger partial charge in [-0.3, -0.25) is 0 Å². The first-order chi connectivity index (χ1) is 12.2. The van der Waals surface area contributed by atoms with Crippen LogP contribution in [0.1, 0.15) is 45.6 Å². The fourth-order valence-corrected chi connectivity index (χ4v) is 2.91. The predicted molar refractivity (Wildman–Crippen MR) is 98.5 cm³/mol. The van der Waals surface area contributed by atoms with E-state index in [2.05, 4.69) is 10.6 Å². The summed E-state index contributed by atoms with van der Waals surface area (Å²) >= 11 is 0. The molecule has 3 atom stereocenters. The van der Waals surface area contributed by atoms with Crippen LogP contribution in [0.4, 0.5) is 9.59 Å². The Kier molecular flexibility index (Phi) is 6.85. The molecule has 1 saturated carbocycles. The number of benzene rings is 1. The molecule has 0 spiro atoms. The van der Waals surface area contributed by atoms with Gasteiger partial charge in [0.05, 0.1) is 12.1 Å². The highest BCUT2D eigenvalue weighted by Gasteiger charge is 2.32. The fraction of sp³-hybridized carbons (Fsp3) is 0.579. The van der Waals surface area contributed by atoms with Crippen LogP contribution in [0.15, 0.2) is 30.3 Å². The number of carbonyl (C=O) groups excluding carboxylic acids is 2. The van der Waals surface area contributed by atoms with Gasteiger partial charge in [0.1, 0.15) is 12.2 Å². The van der Waals surface area contributed by atoms with Gasteiger partial charge in [-0.25, -0.2) is 9.59 Å². The minimum absolute atomic E-state index is 0.0201. The highest BCUT2D eigenvalue weighted by atomic mass is 16.6. The third kappa shape index (κ3) is 6.92. The molecule has 0 aliphatic heterocycles. The van der Waals surface area contributed by atoms with Crippen LogP contribution in [0.25, 0.3) is 0 Å². The second kappa shape index (κ2) is 8.89. The van der Waals surface area contributed by atoms with E-state index in [4.69, 9.17) is 15.2 Å². The zero-order chi connectivity index (χ0) is 19.2. The van der Waals surface area contributed by atoms with Crippen molar-refractivity contribution in [3.05, 3.63) is 35.9 Å². The molecule has 0 radical (unpaired) electrons. The van der Waals surface area contributed by atoms with Gasteiger partial charge in [-0.2, -0.15) is 0 Å². The van der Waals surface area contributed by atoms with Crippen LogP contribution in [0, 0.1) is 0 Å². The Labute approximate surface area is 154 Å². The first kappa shape index (κ1) is 20.0. The van der Waals surface area contributed by atoms with Crippen LogP contribution in [-0.2, 0) is 16.1 Å². The zero-order valence-corrected chi connectivity index (χ0v) is 15.7. The summed E-state index contributed by atoms with van der Waals surface area (Å²) < 4.78 is 10.6. The van der Waals surface area contributed by atoms with E-state index in [0.717, 1.165) is 12.0 Å². The van der Waals surface area contributed by atoms with Gasteiger partial charge in [-0.1, -0.05) is 30.3 Å². The van der Waals surface area contributed by atoms with Gasteiger partial charge >= 0.3 is 12.2 Å². The van der Waals surface area contributed by atoms with Gasteiger partial charge in [0.15, 0.2) is 0 Å². The number of hydrogen-bond donors (Lipinski definition) is 3. The Morgan fingerprint density at radius 3 is 2.38 bits per heavy atom. The molecule has 0 heterocycles. The van der Waals surface area contributed by atoms with Crippen LogP contribution in [0.2, 0.25) is 0 Å². The van der Waals surface area contributed by atoms with Crippen molar-refractivity contribution in [2.24, 2.45) is 5.73 Å². The van der Waals surface area contributed by atoms with Crippen molar-refractivity contribution >= 4 is 12.2 Å². The molecule has 1 aromatic rings. The maximum atomic E-state index is 12.1. The number of rotatable bonds is 4. The molecule has 7 heteroatoms. The summed E-state index contributed by atoms with van der Waals surface area (Å²) in [4.78, 5) is 24.2. The minimum Gasteiger partial charge on any atom is -0.445 e. The lowest BCUT2D eigenvalue weighted by molar-refractivity contribution is 0.0471. The van der Waals surface area contributed by atoms with Gasteiger partial charge in [0, 0.05) is 6.04 Å². The second-order valence-electron chi connectivity index (χ2n) is 7.64. The van der Waals surface area contributed by atoms with E-state index in [1.165, 1.54) is 0 Å². The molecule has 2 amide bonds. The average Bonchev–Trinajstić information content (AvgIpc) is 2.54.